The van der Waals surface area contributed by atoms with Crippen LogP contribution in [0.3, 0.4) is 0 Å². The zero-order valence-corrected chi connectivity index (χ0v) is 9.08. The van der Waals surface area contributed by atoms with Crippen LogP contribution in [0.5, 0.6) is 0 Å². The van der Waals surface area contributed by atoms with Crippen LogP contribution >= 0.6 is 0 Å². The van der Waals surface area contributed by atoms with E-state index >= 15 is 0 Å². The van der Waals surface area contributed by atoms with Gasteiger partial charge in [0.15, 0.2) is 0 Å². The molecular weight excluding hydrogens is 198 g/mol. The van der Waals surface area contributed by atoms with Gasteiger partial charge in [0.25, 0.3) is 0 Å². The number of nitrogens with zero attached hydrogens (tertiary/aromatic N) is 2. The molecule has 1 saturated carbocycles. The Kier molecular flexibility index (Phi) is 2.52. The second-order valence-electron chi connectivity index (χ2n) is 4.78. The summed E-state index contributed by atoms with van der Waals surface area (Å²) in [4.78, 5) is 0. The van der Waals surface area contributed by atoms with Crippen LogP contribution in [0.2, 0.25) is 0 Å². The van der Waals surface area contributed by atoms with E-state index in [0.29, 0.717) is 12.5 Å². The van der Waals surface area contributed by atoms with Gasteiger partial charge in [-0.25, -0.2) is 8.78 Å². The van der Waals surface area contributed by atoms with Crippen molar-refractivity contribution in [3.8, 4) is 0 Å². The highest BCUT2D eigenvalue weighted by Crippen LogP contribution is 2.42. The maximum absolute atomic E-state index is 12.6. The Morgan fingerprint density at radius 1 is 1.53 bits per heavy atom. The van der Waals surface area contributed by atoms with E-state index in [1.807, 2.05) is 12.4 Å². The van der Waals surface area contributed by atoms with Crippen LogP contribution < -0.4 is 0 Å². The molecule has 0 spiro atoms. The first-order chi connectivity index (χ1) is 6.96. The minimum absolute atomic E-state index is 0.0177. The van der Waals surface area contributed by atoms with E-state index in [2.05, 4.69) is 18.9 Å². The molecule has 0 amide bonds. The lowest BCUT2D eigenvalue weighted by Gasteiger charge is -2.34. The monoisotopic (exact) mass is 214 g/mol. The Bertz CT molecular complexity index is 336. The molecule has 1 aliphatic rings. The van der Waals surface area contributed by atoms with Crippen LogP contribution in [0.25, 0.3) is 0 Å². The second kappa shape index (κ2) is 3.58. The first-order valence-electron chi connectivity index (χ1n) is 5.36. The van der Waals surface area contributed by atoms with Gasteiger partial charge in [0.2, 0.25) is 5.92 Å². The van der Waals surface area contributed by atoms with Crippen LogP contribution in [0.4, 0.5) is 8.78 Å². The number of halogens is 2. The van der Waals surface area contributed by atoms with E-state index in [4.69, 9.17) is 0 Å². The lowest BCUT2D eigenvalue weighted by atomic mass is 9.81. The molecule has 0 aromatic carbocycles. The van der Waals surface area contributed by atoms with Crippen LogP contribution in [0.1, 0.15) is 38.2 Å². The van der Waals surface area contributed by atoms with E-state index < -0.39 is 5.92 Å². The molecule has 2 rings (SSSR count). The van der Waals surface area contributed by atoms with Crippen molar-refractivity contribution in [1.82, 2.24) is 9.78 Å². The highest BCUT2D eigenvalue weighted by molar-refractivity contribution is 5.08. The average molecular weight is 214 g/mol. The number of rotatable bonds is 3. The van der Waals surface area contributed by atoms with Crippen molar-refractivity contribution in [1.29, 1.82) is 0 Å². The molecular formula is C11H16F2N2. The van der Waals surface area contributed by atoms with Crippen molar-refractivity contribution in [3.05, 3.63) is 18.0 Å². The van der Waals surface area contributed by atoms with Crippen LogP contribution in [-0.4, -0.2) is 15.7 Å². The molecule has 4 heteroatoms. The van der Waals surface area contributed by atoms with Gasteiger partial charge in [-0.15, -0.1) is 0 Å². The third-order valence-corrected chi connectivity index (χ3v) is 2.94. The molecule has 0 bridgehead atoms. The standard InChI is InChI=1S/C11H16F2N2/c1-8(2)10-5-14-15(7-10)6-9-3-11(12,13)4-9/h5,7-9H,3-4,6H2,1-2H3. The summed E-state index contributed by atoms with van der Waals surface area (Å²) in [5.41, 5.74) is 1.17. The number of alkyl halides is 2. The first kappa shape index (κ1) is 10.6. The predicted molar refractivity (Wildman–Crippen MR) is 54.0 cm³/mol. The minimum atomic E-state index is -2.42. The fourth-order valence-corrected chi connectivity index (χ4v) is 1.96. The maximum Gasteiger partial charge on any atom is 0.248 e. The lowest BCUT2D eigenvalue weighted by molar-refractivity contribution is -0.114. The molecule has 1 aromatic rings. The zero-order chi connectivity index (χ0) is 11.1. The Labute approximate surface area is 88.3 Å². The van der Waals surface area contributed by atoms with Crippen molar-refractivity contribution in [2.45, 2.75) is 45.1 Å². The van der Waals surface area contributed by atoms with Crippen molar-refractivity contribution >= 4 is 0 Å². The summed E-state index contributed by atoms with van der Waals surface area (Å²) in [6, 6.07) is 0. The second-order valence-corrected chi connectivity index (χ2v) is 4.78. The summed E-state index contributed by atoms with van der Waals surface area (Å²) in [7, 11) is 0. The quantitative estimate of drug-likeness (QED) is 0.756. The van der Waals surface area contributed by atoms with Gasteiger partial charge in [0.1, 0.15) is 0 Å². The van der Waals surface area contributed by atoms with Gasteiger partial charge in [-0.2, -0.15) is 5.10 Å². The molecule has 84 valence electrons. The van der Waals surface area contributed by atoms with E-state index in [9.17, 15) is 8.78 Å². The Hall–Kier alpha value is -0.930. The molecule has 1 heterocycles. The predicted octanol–water partition coefficient (Wildman–Crippen LogP) is 3.05. The molecule has 0 radical (unpaired) electrons. The first-order valence-corrected chi connectivity index (χ1v) is 5.36. The molecule has 0 aliphatic heterocycles. The summed E-state index contributed by atoms with van der Waals surface area (Å²) in [6.45, 7) is 4.82. The molecule has 1 aliphatic carbocycles. The number of hydrogen-bond donors (Lipinski definition) is 0. The van der Waals surface area contributed by atoms with Crippen molar-refractivity contribution < 1.29 is 8.78 Å². The highest BCUT2D eigenvalue weighted by Gasteiger charge is 2.45. The van der Waals surface area contributed by atoms with Crippen molar-refractivity contribution in [2.75, 3.05) is 0 Å². The molecule has 1 aromatic heterocycles. The highest BCUT2D eigenvalue weighted by atomic mass is 19.3. The summed E-state index contributed by atoms with van der Waals surface area (Å²) in [5.74, 6) is -1.87. The normalized spacial score (nSPS) is 20.6. The Balaban J connectivity index is 1.89. The molecule has 0 unspecified atom stereocenters. The third-order valence-electron chi connectivity index (χ3n) is 2.94. The van der Waals surface area contributed by atoms with Gasteiger partial charge in [0, 0.05) is 25.6 Å². The Morgan fingerprint density at radius 3 is 2.67 bits per heavy atom. The van der Waals surface area contributed by atoms with Crippen molar-refractivity contribution in [3.63, 3.8) is 0 Å². The zero-order valence-electron chi connectivity index (χ0n) is 9.08. The average Bonchev–Trinajstić information content (AvgIpc) is 2.49. The molecule has 0 saturated heterocycles. The summed E-state index contributed by atoms with van der Waals surface area (Å²) in [6.07, 6.45) is 3.82. The molecule has 2 nitrogen and oxygen atoms in total. The molecule has 0 atom stereocenters. The van der Waals surface area contributed by atoms with Gasteiger partial charge >= 0.3 is 0 Å². The molecule has 1 fully saturated rings. The van der Waals surface area contributed by atoms with E-state index in [1.54, 1.807) is 4.68 Å². The van der Waals surface area contributed by atoms with Crippen LogP contribution in [0, 0.1) is 5.92 Å². The largest absolute Gasteiger partial charge is 0.272 e. The summed E-state index contributed by atoms with van der Waals surface area (Å²) >= 11 is 0. The number of hydrogen-bond acceptors (Lipinski definition) is 1. The van der Waals surface area contributed by atoms with Gasteiger partial charge in [0.05, 0.1) is 6.20 Å². The van der Waals surface area contributed by atoms with Crippen LogP contribution in [-0.2, 0) is 6.54 Å². The van der Waals surface area contributed by atoms with E-state index in [1.165, 1.54) is 5.56 Å². The molecule has 15 heavy (non-hydrogen) atoms. The fourth-order valence-electron chi connectivity index (χ4n) is 1.96. The summed E-state index contributed by atoms with van der Waals surface area (Å²) < 4.78 is 27.0. The van der Waals surface area contributed by atoms with Gasteiger partial charge < -0.3 is 0 Å². The van der Waals surface area contributed by atoms with E-state index in [0.717, 1.165) is 0 Å². The third kappa shape index (κ3) is 2.36. The van der Waals surface area contributed by atoms with Gasteiger partial charge in [-0.1, -0.05) is 13.8 Å². The van der Waals surface area contributed by atoms with E-state index in [-0.39, 0.29) is 18.8 Å². The van der Waals surface area contributed by atoms with Crippen LogP contribution in [0.15, 0.2) is 12.4 Å². The van der Waals surface area contributed by atoms with Gasteiger partial charge in [-0.05, 0) is 17.4 Å². The van der Waals surface area contributed by atoms with Crippen molar-refractivity contribution in [2.24, 2.45) is 5.92 Å². The maximum atomic E-state index is 12.6. The fraction of sp³-hybridized carbons (Fsp3) is 0.727. The Morgan fingerprint density at radius 2 is 2.20 bits per heavy atom. The summed E-state index contributed by atoms with van der Waals surface area (Å²) in [5, 5.41) is 4.18. The SMILES string of the molecule is CC(C)c1cnn(CC2CC(F)(F)C2)c1. The number of aromatic nitrogens is 2. The lowest BCUT2D eigenvalue weighted by Crippen LogP contribution is -2.37. The molecule has 0 N–H and O–H groups in total. The smallest absolute Gasteiger partial charge is 0.248 e. The minimum Gasteiger partial charge on any atom is -0.272 e. The van der Waals surface area contributed by atoms with Gasteiger partial charge in [-0.3, -0.25) is 4.68 Å². The topological polar surface area (TPSA) is 17.8 Å².